The van der Waals surface area contributed by atoms with Crippen LogP contribution in [0.15, 0.2) is 63.1 Å². The maximum Gasteiger partial charge on any atom is 0.371 e. The fourth-order valence-corrected chi connectivity index (χ4v) is 2.45. The molecule has 0 bridgehead atoms. The zero-order chi connectivity index (χ0) is 13.2. The van der Waals surface area contributed by atoms with Crippen molar-refractivity contribution in [3.8, 4) is 0 Å². The number of pyridine rings is 1. The first-order valence-electron chi connectivity index (χ1n) is 5.59. The lowest BCUT2D eigenvalue weighted by molar-refractivity contribution is 0.0656. The number of furan rings is 1. The summed E-state index contributed by atoms with van der Waals surface area (Å²) in [6.45, 7) is 0. The van der Waals surface area contributed by atoms with Crippen molar-refractivity contribution >= 4 is 28.6 Å². The minimum atomic E-state index is -1.07. The number of aromatic nitrogens is 1. The Hall–Kier alpha value is -2.27. The molecule has 0 spiro atoms. The average Bonchev–Trinajstić information content (AvgIpc) is 2.87. The van der Waals surface area contributed by atoms with Crippen LogP contribution in [0.2, 0.25) is 0 Å². The quantitative estimate of drug-likeness (QED) is 0.787. The first-order chi connectivity index (χ1) is 9.22. The van der Waals surface area contributed by atoms with Gasteiger partial charge >= 0.3 is 5.97 Å². The van der Waals surface area contributed by atoms with E-state index in [9.17, 15) is 4.79 Å². The number of hydrogen-bond acceptors (Lipinski definition) is 4. The van der Waals surface area contributed by atoms with E-state index in [-0.39, 0.29) is 5.76 Å². The average molecular weight is 271 g/mol. The topological polar surface area (TPSA) is 63.3 Å². The Morgan fingerprint density at radius 1 is 1.11 bits per heavy atom. The highest BCUT2D eigenvalue weighted by molar-refractivity contribution is 7.99. The van der Waals surface area contributed by atoms with Gasteiger partial charge < -0.3 is 9.52 Å². The van der Waals surface area contributed by atoms with Crippen molar-refractivity contribution in [2.75, 3.05) is 0 Å². The summed E-state index contributed by atoms with van der Waals surface area (Å²) in [6, 6.07) is 14.7. The predicted molar refractivity (Wildman–Crippen MR) is 71.5 cm³/mol. The fourth-order valence-electron chi connectivity index (χ4n) is 1.70. The molecule has 94 valence electrons. The van der Waals surface area contributed by atoms with Gasteiger partial charge in [0.1, 0.15) is 5.03 Å². The monoisotopic (exact) mass is 271 g/mol. The van der Waals surface area contributed by atoms with Crippen molar-refractivity contribution in [2.24, 2.45) is 0 Å². The third-order valence-electron chi connectivity index (χ3n) is 2.57. The van der Waals surface area contributed by atoms with Gasteiger partial charge in [-0.1, -0.05) is 24.3 Å². The standard InChI is InChI=1S/C14H9NO3S/c16-14(17)11-6-8-13(18-11)19-12-7-5-9-3-1-2-4-10(9)15-12/h1-8H,(H,16,17). The van der Waals surface area contributed by atoms with E-state index in [4.69, 9.17) is 9.52 Å². The Balaban J connectivity index is 1.89. The van der Waals surface area contributed by atoms with Gasteiger partial charge in [0.15, 0.2) is 5.09 Å². The number of carbonyl (C=O) groups is 1. The molecule has 1 N–H and O–H groups in total. The second-order valence-corrected chi connectivity index (χ2v) is 4.89. The number of para-hydroxylation sites is 1. The van der Waals surface area contributed by atoms with Gasteiger partial charge in [-0.25, -0.2) is 9.78 Å². The van der Waals surface area contributed by atoms with Crippen molar-refractivity contribution in [3.63, 3.8) is 0 Å². The van der Waals surface area contributed by atoms with Crippen LogP contribution in [0.1, 0.15) is 10.6 Å². The molecule has 4 nitrogen and oxygen atoms in total. The molecule has 0 fully saturated rings. The molecule has 0 saturated heterocycles. The highest BCUT2D eigenvalue weighted by atomic mass is 32.2. The van der Waals surface area contributed by atoms with Crippen LogP contribution in [0.5, 0.6) is 0 Å². The second kappa shape index (κ2) is 4.78. The summed E-state index contributed by atoms with van der Waals surface area (Å²) in [7, 11) is 0. The summed E-state index contributed by atoms with van der Waals surface area (Å²) in [5, 5.41) is 11.1. The van der Waals surface area contributed by atoms with E-state index >= 15 is 0 Å². The van der Waals surface area contributed by atoms with Gasteiger partial charge in [0.25, 0.3) is 0 Å². The van der Waals surface area contributed by atoms with E-state index in [1.807, 2.05) is 36.4 Å². The van der Waals surface area contributed by atoms with E-state index < -0.39 is 5.97 Å². The number of rotatable bonds is 3. The number of hydrogen-bond donors (Lipinski definition) is 1. The Labute approximate surface area is 113 Å². The molecule has 0 aliphatic rings. The van der Waals surface area contributed by atoms with Crippen molar-refractivity contribution in [3.05, 3.63) is 54.3 Å². The molecule has 0 amide bonds. The number of benzene rings is 1. The maximum atomic E-state index is 10.7. The van der Waals surface area contributed by atoms with Crippen LogP contribution in [-0.2, 0) is 0 Å². The molecular formula is C14H9NO3S. The summed E-state index contributed by atoms with van der Waals surface area (Å²) >= 11 is 1.30. The lowest BCUT2D eigenvalue weighted by Crippen LogP contribution is -1.91. The normalized spacial score (nSPS) is 10.7. The molecule has 0 atom stereocenters. The summed E-state index contributed by atoms with van der Waals surface area (Å²) in [5.41, 5.74) is 0.900. The van der Waals surface area contributed by atoms with Gasteiger partial charge in [0.2, 0.25) is 5.76 Å². The zero-order valence-corrected chi connectivity index (χ0v) is 10.6. The molecule has 0 unspecified atom stereocenters. The minimum absolute atomic E-state index is 0.0664. The summed E-state index contributed by atoms with van der Waals surface area (Å²) in [4.78, 5) is 15.2. The van der Waals surface area contributed by atoms with E-state index in [0.717, 1.165) is 15.9 Å². The Kier molecular flexibility index (Phi) is 2.97. The van der Waals surface area contributed by atoms with Gasteiger partial charge in [-0.05, 0) is 36.0 Å². The Bertz CT molecular complexity index is 751. The SMILES string of the molecule is O=C(O)c1ccc(Sc2ccc3ccccc3n2)o1. The van der Waals surface area contributed by atoms with E-state index in [1.54, 1.807) is 6.07 Å². The molecule has 5 heteroatoms. The van der Waals surface area contributed by atoms with Crippen LogP contribution >= 0.6 is 11.8 Å². The predicted octanol–water partition coefficient (Wildman–Crippen LogP) is 3.68. The highest BCUT2D eigenvalue weighted by Gasteiger charge is 2.10. The van der Waals surface area contributed by atoms with Gasteiger partial charge in [0, 0.05) is 5.39 Å². The molecule has 0 aliphatic heterocycles. The van der Waals surface area contributed by atoms with Gasteiger partial charge in [-0.3, -0.25) is 0 Å². The van der Waals surface area contributed by atoms with Crippen molar-refractivity contribution in [1.29, 1.82) is 0 Å². The zero-order valence-electron chi connectivity index (χ0n) is 9.74. The van der Waals surface area contributed by atoms with Gasteiger partial charge in [-0.2, -0.15) is 0 Å². The first kappa shape index (κ1) is 11.8. The minimum Gasteiger partial charge on any atom is -0.475 e. The van der Waals surface area contributed by atoms with Crippen molar-refractivity contribution in [2.45, 2.75) is 10.1 Å². The molecule has 0 aliphatic carbocycles. The molecule has 2 aromatic heterocycles. The van der Waals surface area contributed by atoms with E-state index in [1.165, 1.54) is 17.8 Å². The first-order valence-corrected chi connectivity index (χ1v) is 6.41. The van der Waals surface area contributed by atoms with Crippen LogP contribution in [0.25, 0.3) is 10.9 Å². The van der Waals surface area contributed by atoms with Crippen LogP contribution < -0.4 is 0 Å². The third-order valence-corrected chi connectivity index (χ3v) is 3.43. The van der Waals surface area contributed by atoms with Crippen molar-refractivity contribution < 1.29 is 14.3 Å². The maximum absolute atomic E-state index is 10.7. The molecule has 19 heavy (non-hydrogen) atoms. The highest BCUT2D eigenvalue weighted by Crippen LogP contribution is 2.29. The van der Waals surface area contributed by atoms with Crippen molar-refractivity contribution in [1.82, 2.24) is 4.98 Å². The Morgan fingerprint density at radius 2 is 1.95 bits per heavy atom. The molecule has 1 aromatic carbocycles. The molecule has 0 radical (unpaired) electrons. The largest absolute Gasteiger partial charge is 0.475 e. The van der Waals surface area contributed by atoms with Crippen LogP contribution in [0, 0.1) is 0 Å². The summed E-state index contributed by atoms with van der Waals surface area (Å²) < 4.78 is 5.18. The van der Waals surface area contributed by atoms with Crippen LogP contribution in [0.3, 0.4) is 0 Å². The molecule has 3 rings (SSSR count). The second-order valence-electron chi connectivity index (χ2n) is 3.87. The number of aromatic carboxylic acids is 1. The fraction of sp³-hybridized carbons (Fsp3) is 0. The number of carboxylic acid groups (broad SMARTS) is 1. The van der Waals surface area contributed by atoms with Gasteiger partial charge in [0.05, 0.1) is 5.52 Å². The third kappa shape index (κ3) is 2.46. The summed E-state index contributed by atoms with van der Waals surface area (Å²) in [5.74, 6) is -1.14. The lowest BCUT2D eigenvalue weighted by Gasteiger charge is -2.00. The number of nitrogens with zero attached hydrogens (tertiary/aromatic N) is 1. The van der Waals surface area contributed by atoms with E-state index in [0.29, 0.717) is 5.09 Å². The van der Waals surface area contributed by atoms with Crippen LogP contribution in [-0.4, -0.2) is 16.1 Å². The molecule has 3 aromatic rings. The smallest absolute Gasteiger partial charge is 0.371 e. The lowest BCUT2D eigenvalue weighted by atomic mass is 10.2. The van der Waals surface area contributed by atoms with E-state index in [2.05, 4.69) is 4.98 Å². The molecule has 0 saturated carbocycles. The number of carboxylic acids is 1. The number of fused-ring (bicyclic) bond motifs is 1. The van der Waals surface area contributed by atoms with Gasteiger partial charge in [-0.15, -0.1) is 0 Å². The molecular weight excluding hydrogens is 262 g/mol. The van der Waals surface area contributed by atoms with Crippen LogP contribution in [0.4, 0.5) is 0 Å². The molecule has 2 heterocycles. The Morgan fingerprint density at radius 3 is 2.74 bits per heavy atom. The summed E-state index contributed by atoms with van der Waals surface area (Å²) in [6.07, 6.45) is 0.